The van der Waals surface area contributed by atoms with E-state index in [1.165, 1.54) is 0 Å². The van der Waals surface area contributed by atoms with Crippen molar-refractivity contribution < 1.29 is 44.2 Å². The zero-order valence-electron chi connectivity index (χ0n) is 29.1. The largest absolute Gasteiger partial charge is 0.453 e. The van der Waals surface area contributed by atoms with Gasteiger partial charge in [0.1, 0.15) is 30.0 Å². The fourth-order valence-electron chi connectivity index (χ4n) is 11.4. The first-order valence-electron chi connectivity index (χ1n) is 17.6. The van der Waals surface area contributed by atoms with Gasteiger partial charge in [0.15, 0.2) is 6.29 Å². The minimum absolute atomic E-state index is 0.00390. The number of hydrogen-bond donors (Lipinski definition) is 4. The number of hydrogen-bond acceptors (Lipinski definition) is 9. The Morgan fingerprint density at radius 1 is 1.02 bits per heavy atom. The van der Waals surface area contributed by atoms with Crippen LogP contribution in [0.2, 0.25) is 0 Å². The zero-order chi connectivity index (χ0) is 33.7. The third kappa shape index (κ3) is 4.55. The van der Waals surface area contributed by atoms with Crippen molar-refractivity contribution in [1.82, 2.24) is 0 Å². The Morgan fingerprint density at radius 3 is 2.41 bits per heavy atom. The number of carbonyl (C=O) groups excluding carboxylic acids is 1. The molecule has 260 valence electrons. The van der Waals surface area contributed by atoms with Gasteiger partial charge in [-0.05, 0) is 93.5 Å². The third-order valence-electron chi connectivity index (χ3n) is 14.6. The number of esters is 1. The van der Waals surface area contributed by atoms with Crippen molar-refractivity contribution in [3.63, 3.8) is 0 Å². The maximum absolute atomic E-state index is 14.4. The highest BCUT2D eigenvalue weighted by atomic mass is 16.7. The van der Waals surface area contributed by atoms with E-state index in [0.29, 0.717) is 18.3 Å². The molecule has 2 bridgehead atoms. The van der Waals surface area contributed by atoms with Crippen LogP contribution in [0.1, 0.15) is 93.4 Å². The molecule has 0 aromatic heterocycles. The van der Waals surface area contributed by atoms with E-state index >= 15 is 0 Å². The summed E-state index contributed by atoms with van der Waals surface area (Å²) in [5.41, 5.74) is -2.36. The Hall–Kier alpha value is -1.33. The molecule has 0 aromatic carbocycles. The van der Waals surface area contributed by atoms with E-state index in [1.54, 1.807) is 7.11 Å². The molecule has 46 heavy (non-hydrogen) atoms. The summed E-state index contributed by atoms with van der Waals surface area (Å²) in [6.07, 6.45) is 8.16. The van der Waals surface area contributed by atoms with Gasteiger partial charge < -0.3 is 39.4 Å². The van der Waals surface area contributed by atoms with Crippen molar-refractivity contribution in [1.29, 1.82) is 0 Å². The molecule has 6 rings (SSSR count). The van der Waals surface area contributed by atoms with E-state index in [-0.39, 0.29) is 34.2 Å². The lowest BCUT2D eigenvalue weighted by Gasteiger charge is -2.63. The molecule has 2 aliphatic heterocycles. The van der Waals surface area contributed by atoms with Crippen LogP contribution in [0, 0.1) is 45.3 Å². The quantitative estimate of drug-likeness (QED) is 0.225. The van der Waals surface area contributed by atoms with Crippen molar-refractivity contribution in [3.05, 3.63) is 24.3 Å². The zero-order valence-corrected chi connectivity index (χ0v) is 29.1. The molecule has 5 fully saturated rings. The van der Waals surface area contributed by atoms with Gasteiger partial charge in [-0.15, -0.1) is 0 Å². The SMILES string of the molecule is COC(C)(C)/C=C/C[C@@H](C)[C@H]1CC[C@@]2(C)[C@@H]3C=C[C@@]45OC(=O)[C@]3(CC[C@]12C)[C@@H]4CC[C@H](O[C@@H]1O[C@H](CO)[C@@H](O)[C@@H](O)[C@H]1O)C5(C)C. The van der Waals surface area contributed by atoms with Crippen molar-refractivity contribution in [2.24, 2.45) is 45.3 Å². The van der Waals surface area contributed by atoms with Crippen LogP contribution in [-0.4, -0.2) is 88.1 Å². The lowest BCUT2D eigenvalue weighted by molar-refractivity contribution is -0.329. The first-order chi connectivity index (χ1) is 21.5. The van der Waals surface area contributed by atoms with Gasteiger partial charge >= 0.3 is 5.97 Å². The predicted octanol–water partition coefficient (Wildman–Crippen LogP) is 4.30. The van der Waals surface area contributed by atoms with Crippen LogP contribution in [0.3, 0.4) is 0 Å². The van der Waals surface area contributed by atoms with Crippen molar-refractivity contribution >= 4 is 5.97 Å². The third-order valence-corrected chi connectivity index (χ3v) is 14.6. The molecule has 0 amide bonds. The standard InChI is InChI=1S/C37H58O9/c1-21(10-9-15-32(2,3)43-8)22-13-16-35(7)24-14-17-37-25(36(24,31(42)46-37)19-18-34(22,35)6)11-12-26(33(37,4)5)45-30-29(41)28(40)27(39)23(20-38)44-30/h9,14-15,17,21-30,38-41H,10-13,16,18-20H2,1-8H3/b15-9+/t21-,22-,23-,24+,25+,26+,27-,28-,29-,30+,34-,35+,36+,37-/m1/s1. The molecule has 2 heterocycles. The highest BCUT2D eigenvalue weighted by Gasteiger charge is 2.79. The second-order valence-corrected chi connectivity index (χ2v) is 17.1. The number of ether oxygens (including phenoxy) is 4. The maximum Gasteiger partial charge on any atom is 0.314 e. The van der Waals surface area contributed by atoms with E-state index in [2.05, 4.69) is 72.8 Å². The molecule has 0 unspecified atom stereocenters. The normalized spacial score (nSPS) is 50.2. The van der Waals surface area contributed by atoms with Crippen molar-refractivity contribution in [2.45, 2.75) is 141 Å². The first-order valence-corrected chi connectivity index (χ1v) is 17.6. The van der Waals surface area contributed by atoms with Gasteiger partial charge in [0, 0.05) is 18.4 Å². The van der Waals surface area contributed by atoms with E-state index in [1.807, 2.05) is 0 Å². The molecule has 3 saturated carbocycles. The number of methoxy groups -OCH3 is 1. The number of carbonyl (C=O) groups is 1. The van der Waals surface area contributed by atoms with Crippen LogP contribution < -0.4 is 0 Å². The summed E-state index contributed by atoms with van der Waals surface area (Å²) in [4.78, 5) is 14.4. The summed E-state index contributed by atoms with van der Waals surface area (Å²) in [5.74, 6) is 1.08. The molecule has 9 nitrogen and oxygen atoms in total. The molecule has 14 atom stereocenters. The summed E-state index contributed by atoms with van der Waals surface area (Å²) in [6, 6.07) is 0. The molecule has 1 spiro atoms. The Labute approximate surface area is 274 Å². The van der Waals surface area contributed by atoms with Crippen LogP contribution >= 0.6 is 0 Å². The number of fused-ring (bicyclic) bond motifs is 2. The lowest BCUT2D eigenvalue weighted by Crippen LogP contribution is -2.66. The summed E-state index contributed by atoms with van der Waals surface area (Å²) >= 11 is 0. The molecule has 4 N–H and O–H groups in total. The average molecular weight is 647 g/mol. The molecule has 2 saturated heterocycles. The summed E-state index contributed by atoms with van der Waals surface area (Å²) in [7, 11) is 1.75. The van der Waals surface area contributed by atoms with E-state index in [0.717, 1.165) is 38.5 Å². The van der Waals surface area contributed by atoms with Gasteiger partial charge in [0.05, 0.1) is 23.7 Å². The monoisotopic (exact) mass is 646 g/mol. The molecule has 0 aromatic rings. The van der Waals surface area contributed by atoms with Gasteiger partial charge in [-0.25, -0.2) is 0 Å². The molecular weight excluding hydrogens is 588 g/mol. The van der Waals surface area contributed by atoms with Gasteiger partial charge in [-0.2, -0.15) is 0 Å². The van der Waals surface area contributed by atoms with Crippen LogP contribution in [0.25, 0.3) is 0 Å². The van der Waals surface area contributed by atoms with Crippen LogP contribution in [-0.2, 0) is 23.7 Å². The lowest BCUT2D eigenvalue weighted by atomic mass is 9.38. The summed E-state index contributed by atoms with van der Waals surface area (Å²) < 4.78 is 24.3. The fraction of sp³-hybridized carbons (Fsp3) is 0.865. The fourth-order valence-corrected chi connectivity index (χ4v) is 11.4. The topological polar surface area (TPSA) is 135 Å². The smallest absolute Gasteiger partial charge is 0.314 e. The Balaban J connectivity index is 1.27. The number of allylic oxidation sites excluding steroid dienone is 2. The average Bonchev–Trinajstić information content (AvgIpc) is 3.37. The molecule has 9 heteroatoms. The van der Waals surface area contributed by atoms with Gasteiger partial charge in [-0.1, -0.05) is 52.8 Å². The Morgan fingerprint density at radius 2 is 1.74 bits per heavy atom. The van der Waals surface area contributed by atoms with E-state index < -0.39 is 59.8 Å². The van der Waals surface area contributed by atoms with E-state index in [9.17, 15) is 25.2 Å². The van der Waals surface area contributed by atoms with Crippen molar-refractivity contribution in [3.8, 4) is 0 Å². The second kappa shape index (κ2) is 11.4. The van der Waals surface area contributed by atoms with Gasteiger partial charge in [-0.3, -0.25) is 4.79 Å². The molecule has 4 aliphatic carbocycles. The number of aliphatic hydroxyl groups is 4. The highest BCUT2D eigenvalue weighted by Crippen LogP contribution is 2.78. The summed E-state index contributed by atoms with van der Waals surface area (Å²) in [6.45, 7) is 15.1. The van der Waals surface area contributed by atoms with Crippen LogP contribution in [0.15, 0.2) is 24.3 Å². The van der Waals surface area contributed by atoms with E-state index in [4.69, 9.17) is 18.9 Å². The minimum Gasteiger partial charge on any atom is -0.453 e. The maximum atomic E-state index is 14.4. The minimum atomic E-state index is -1.51. The van der Waals surface area contributed by atoms with Crippen LogP contribution in [0.5, 0.6) is 0 Å². The predicted molar refractivity (Wildman–Crippen MR) is 171 cm³/mol. The molecule has 0 radical (unpaired) electrons. The Bertz CT molecular complexity index is 1240. The number of aliphatic hydroxyl groups excluding tert-OH is 4. The second-order valence-electron chi connectivity index (χ2n) is 17.1. The number of rotatable bonds is 8. The molecule has 6 aliphatic rings. The van der Waals surface area contributed by atoms with Gasteiger partial charge in [0.2, 0.25) is 0 Å². The van der Waals surface area contributed by atoms with Crippen LogP contribution in [0.4, 0.5) is 0 Å². The van der Waals surface area contributed by atoms with Gasteiger partial charge in [0.25, 0.3) is 0 Å². The summed E-state index contributed by atoms with van der Waals surface area (Å²) in [5, 5.41) is 41.1. The Kier molecular flexibility index (Phi) is 8.53. The first kappa shape index (κ1) is 34.5. The molecular formula is C37H58O9. The van der Waals surface area contributed by atoms with Crippen molar-refractivity contribution in [2.75, 3.05) is 13.7 Å². The highest BCUT2D eigenvalue weighted by molar-refractivity contribution is 5.83.